The third-order valence-electron chi connectivity index (χ3n) is 3.47. The molecule has 0 bridgehead atoms. The van der Waals surface area contributed by atoms with E-state index in [4.69, 9.17) is 9.47 Å². The van der Waals surface area contributed by atoms with E-state index in [2.05, 4.69) is 20.8 Å². The van der Waals surface area contributed by atoms with Crippen LogP contribution in [0, 0.1) is 0 Å². The zero-order valence-electron chi connectivity index (χ0n) is 15.5. The van der Waals surface area contributed by atoms with Gasteiger partial charge in [0.15, 0.2) is 11.0 Å². The van der Waals surface area contributed by atoms with Crippen molar-refractivity contribution in [1.82, 2.24) is 25.4 Å². The molecule has 27 heavy (non-hydrogen) atoms. The van der Waals surface area contributed by atoms with E-state index in [-0.39, 0.29) is 12.4 Å². The van der Waals surface area contributed by atoms with Crippen LogP contribution < -0.4 is 20.1 Å². The highest BCUT2D eigenvalue weighted by atomic mass is 32.2. The highest BCUT2D eigenvalue weighted by molar-refractivity contribution is 7.99. The third-order valence-corrected chi connectivity index (χ3v) is 4.49. The number of imide groups is 1. The van der Waals surface area contributed by atoms with E-state index in [1.807, 2.05) is 19.1 Å². The smallest absolute Gasteiger partial charge is 0.321 e. The molecule has 3 amide bonds. The molecule has 146 valence electrons. The number of methoxy groups -OCH3 is 1. The van der Waals surface area contributed by atoms with Gasteiger partial charge in [0, 0.05) is 13.6 Å². The molecule has 0 radical (unpaired) electrons. The summed E-state index contributed by atoms with van der Waals surface area (Å²) >= 11 is 1.19. The van der Waals surface area contributed by atoms with Crippen LogP contribution in [0.5, 0.6) is 11.5 Å². The molecule has 0 aliphatic rings. The summed E-state index contributed by atoms with van der Waals surface area (Å²) in [6.45, 7) is 2.69. The van der Waals surface area contributed by atoms with Gasteiger partial charge in [-0.3, -0.25) is 10.1 Å². The number of hydrogen-bond acceptors (Lipinski definition) is 7. The van der Waals surface area contributed by atoms with Crippen molar-refractivity contribution in [3.05, 3.63) is 30.1 Å². The van der Waals surface area contributed by atoms with Crippen LogP contribution in [0.1, 0.15) is 19.2 Å². The number of hydrogen-bond donors (Lipinski definition) is 2. The molecule has 0 saturated heterocycles. The minimum atomic E-state index is -0.492. The zero-order chi connectivity index (χ0) is 19.6. The first kappa shape index (κ1) is 20.6. The molecule has 0 atom stereocenters. The fourth-order valence-electron chi connectivity index (χ4n) is 1.99. The topological polar surface area (TPSA) is 107 Å². The van der Waals surface area contributed by atoms with Crippen molar-refractivity contribution in [3.63, 3.8) is 0 Å². The van der Waals surface area contributed by atoms with Gasteiger partial charge in [-0.2, -0.15) is 0 Å². The lowest BCUT2D eigenvalue weighted by Crippen LogP contribution is -2.40. The van der Waals surface area contributed by atoms with Crippen LogP contribution in [0.4, 0.5) is 4.79 Å². The number of benzene rings is 1. The van der Waals surface area contributed by atoms with E-state index in [9.17, 15) is 9.59 Å². The summed E-state index contributed by atoms with van der Waals surface area (Å²) in [6.07, 6.45) is 0.802. The second kappa shape index (κ2) is 10.4. The Kier molecular flexibility index (Phi) is 7.93. The van der Waals surface area contributed by atoms with Crippen molar-refractivity contribution in [2.24, 2.45) is 7.05 Å². The molecule has 10 heteroatoms. The number of amides is 3. The van der Waals surface area contributed by atoms with E-state index >= 15 is 0 Å². The van der Waals surface area contributed by atoms with Crippen LogP contribution >= 0.6 is 11.8 Å². The number of urea groups is 1. The maximum absolute atomic E-state index is 11.8. The van der Waals surface area contributed by atoms with Gasteiger partial charge in [-0.15, -0.1) is 10.2 Å². The molecule has 1 aromatic heterocycles. The molecule has 2 N–H and O–H groups in total. The molecule has 0 fully saturated rings. The Hall–Kier alpha value is -2.75. The highest BCUT2D eigenvalue weighted by Gasteiger charge is 2.13. The summed E-state index contributed by atoms with van der Waals surface area (Å²) in [5, 5.41) is 13.5. The van der Waals surface area contributed by atoms with E-state index in [1.54, 1.807) is 30.9 Å². The summed E-state index contributed by atoms with van der Waals surface area (Å²) in [6, 6.07) is 6.73. The largest absolute Gasteiger partial charge is 0.497 e. The van der Waals surface area contributed by atoms with Crippen LogP contribution in [0.15, 0.2) is 29.4 Å². The molecule has 2 aromatic rings. The van der Waals surface area contributed by atoms with Crippen molar-refractivity contribution < 1.29 is 19.1 Å². The first-order valence-corrected chi connectivity index (χ1v) is 9.37. The van der Waals surface area contributed by atoms with Gasteiger partial charge < -0.3 is 19.4 Å². The summed E-state index contributed by atoms with van der Waals surface area (Å²) < 4.78 is 12.5. The predicted molar refractivity (Wildman–Crippen MR) is 101 cm³/mol. The van der Waals surface area contributed by atoms with E-state index in [0.29, 0.717) is 23.3 Å². The number of nitrogens with zero attached hydrogens (tertiary/aromatic N) is 3. The lowest BCUT2D eigenvalue weighted by atomic mass is 10.3. The lowest BCUT2D eigenvalue weighted by Gasteiger charge is -2.07. The molecule has 0 saturated carbocycles. The second-order valence-corrected chi connectivity index (χ2v) is 6.46. The number of thioether (sulfide) groups is 1. The zero-order valence-corrected chi connectivity index (χ0v) is 16.3. The molecule has 0 spiro atoms. The maximum Gasteiger partial charge on any atom is 0.321 e. The Morgan fingerprint density at radius 1 is 1.19 bits per heavy atom. The Morgan fingerprint density at radius 2 is 1.89 bits per heavy atom. The molecule has 9 nitrogen and oxygen atoms in total. The minimum Gasteiger partial charge on any atom is -0.497 e. The Morgan fingerprint density at radius 3 is 2.56 bits per heavy atom. The summed E-state index contributed by atoms with van der Waals surface area (Å²) in [7, 11) is 3.40. The van der Waals surface area contributed by atoms with Gasteiger partial charge in [0.2, 0.25) is 5.91 Å². The Bertz CT molecular complexity index is 763. The summed E-state index contributed by atoms with van der Waals surface area (Å²) in [5.74, 6) is 1.72. The lowest BCUT2D eigenvalue weighted by molar-refractivity contribution is -0.117. The molecule has 0 unspecified atom stereocenters. The number of ether oxygens (including phenoxy) is 2. The first-order valence-electron chi connectivity index (χ1n) is 8.39. The number of carbonyl (C=O) groups is 2. The third kappa shape index (κ3) is 6.48. The summed E-state index contributed by atoms with van der Waals surface area (Å²) in [5.41, 5.74) is 0. The van der Waals surface area contributed by atoms with E-state index in [1.165, 1.54) is 11.8 Å². The minimum absolute atomic E-state index is 0.0604. The molecule has 1 heterocycles. The molecule has 1 aromatic carbocycles. The van der Waals surface area contributed by atoms with Gasteiger partial charge in [-0.1, -0.05) is 18.7 Å². The number of nitrogens with one attached hydrogen (secondary N) is 2. The Balaban J connectivity index is 1.81. The van der Waals surface area contributed by atoms with Gasteiger partial charge in [-0.25, -0.2) is 4.79 Å². The molecular formula is C17H23N5O4S. The van der Waals surface area contributed by atoms with E-state index < -0.39 is 11.9 Å². The monoisotopic (exact) mass is 393 g/mol. The number of aromatic nitrogens is 3. The van der Waals surface area contributed by atoms with Gasteiger partial charge in [-0.05, 0) is 30.7 Å². The van der Waals surface area contributed by atoms with Gasteiger partial charge in [0.25, 0.3) is 0 Å². The average molecular weight is 393 g/mol. The van der Waals surface area contributed by atoms with Crippen LogP contribution in [-0.2, 0) is 18.4 Å². The van der Waals surface area contributed by atoms with Crippen LogP contribution in [0.2, 0.25) is 0 Å². The first-order chi connectivity index (χ1) is 13.0. The quantitative estimate of drug-likeness (QED) is 0.625. The van der Waals surface area contributed by atoms with Crippen molar-refractivity contribution in [3.8, 4) is 11.5 Å². The maximum atomic E-state index is 11.8. The second-order valence-electron chi connectivity index (χ2n) is 5.51. The van der Waals surface area contributed by atoms with Crippen molar-refractivity contribution in [1.29, 1.82) is 0 Å². The van der Waals surface area contributed by atoms with Crippen molar-refractivity contribution in [2.45, 2.75) is 25.1 Å². The molecule has 0 aliphatic heterocycles. The van der Waals surface area contributed by atoms with Crippen molar-refractivity contribution >= 4 is 23.7 Å². The highest BCUT2D eigenvalue weighted by Crippen LogP contribution is 2.19. The van der Waals surface area contributed by atoms with Crippen molar-refractivity contribution in [2.75, 3.05) is 19.4 Å². The average Bonchev–Trinajstić information content (AvgIpc) is 3.03. The van der Waals surface area contributed by atoms with E-state index in [0.717, 1.165) is 12.2 Å². The fourth-order valence-corrected chi connectivity index (χ4v) is 2.72. The predicted octanol–water partition coefficient (Wildman–Crippen LogP) is 1.73. The molecule has 2 rings (SSSR count). The Labute approximate surface area is 161 Å². The standard InChI is InChI=1S/C17H23N5O4S/c1-4-9-18-16(24)19-15(23)11-27-17-21-20-14(22(17)2)10-26-13-7-5-12(25-3)6-8-13/h5-8H,4,9-11H2,1-3H3,(H2,18,19,23,24). The summed E-state index contributed by atoms with van der Waals surface area (Å²) in [4.78, 5) is 23.2. The van der Waals surface area contributed by atoms with Crippen LogP contribution in [0.25, 0.3) is 0 Å². The van der Waals surface area contributed by atoms with Gasteiger partial charge in [0.1, 0.15) is 18.1 Å². The SMILES string of the molecule is CCCNC(=O)NC(=O)CSc1nnc(COc2ccc(OC)cc2)n1C. The fraction of sp³-hybridized carbons (Fsp3) is 0.412. The number of carbonyl (C=O) groups excluding carboxylic acids is 2. The van der Waals surface area contributed by atoms with Crippen LogP contribution in [-0.4, -0.2) is 46.1 Å². The normalized spacial score (nSPS) is 10.3. The number of rotatable bonds is 9. The van der Waals surface area contributed by atoms with Gasteiger partial charge >= 0.3 is 6.03 Å². The molecular weight excluding hydrogens is 370 g/mol. The van der Waals surface area contributed by atoms with Gasteiger partial charge in [0.05, 0.1) is 12.9 Å². The molecule has 0 aliphatic carbocycles. The van der Waals surface area contributed by atoms with Crippen LogP contribution in [0.3, 0.4) is 0 Å².